The summed E-state index contributed by atoms with van der Waals surface area (Å²) in [6.07, 6.45) is -8.87. The second-order valence-electron chi connectivity index (χ2n) is 6.39. The number of nitrogens with one attached hydrogen (secondary N) is 4. The maximum atomic E-state index is 13.2. The lowest BCUT2D eigenvalue weighted by Crippen LogP contribution is -2.45. The van der Waals surface area contributed by atoms with Gasteiger partial charge in [0.05, 0.1) is 21.7 Å². The molecule has 0 atom stereocenters. The minimum atomic E-state index is -5.25. The van der Waals surface area contributed by atoms with Gasteiger partial charge in [-0.3, -0.25) is 24.9 Å². The Morgan fingerprint density at radius 3 is 2.32 bits per heavy atom. The first kappa shape index (κ1) is 24.8. The van der Waals surface area contributed by atoms with Gasteiger partial charge in [-0.05, 0) is 18.2 Å². The minimum Gasteiger partial charge on any atom is -0.404 e. The highest BCUT2D eigenvalue weighted by molar-refractivity contribution is 6.37. The number of guanidine groups is 1. The fourth-order valence-corrected chi connectivity index (χ4v) is 2.91. The first-order chi connectivity index (χ1) is 15.8. The lowest BCUT2D eigenvalue weighted by atomic mass is 10.1. The fourth-order valence-electron chi connectivity index (χ4n) is 2.62. The Hall–Kier alpha value is -3.79. The van der Waals surface area contributed by atoms with Crippen LogP contribution in [0, 0.1) is 0 Å². The van der Waals surface area contributed by atoms with Crippen molar-refractivity contribution in [2.75, 3.05) is 12.4 Å². The van der Waals surface area contributed by atoms with Crippen molar-refractivity contribution in [2.45, 2.75) is 12.5 Å². The number of rotatable bonds is 4. The van der Waals surface area contributed by atoms with Crippen LogP contribution in [-0.2, 0) is 6.18 Å². The highest BCUT2D eigenvalue weighted by Gasteiger charge is 2.37. The second-order valence-corrected chi connectivity index (χ2v) is 6.77. The van der Waals surface area contributed by atoms with Crippen LogP contribution in [0.1, 0.15) is 26.3 Å². The largest absolute Gasteiger partial charge is 0.573 e. The maximum Gasteiger partial charge on any atom is 0.573 e. The van der Waals surface area contributed by atoms with Crippen molar-refractivity contribution in [2.24, 2.45) is 5.10 Å². The van der Waals surface area contributed by atoms with Crippen LogP contribution in [0.3, 0.4) is 0 Å². The number of aromatic nitrogens is 1. The highest BCUT2D eigenvalue weighted by Crippen LogP contribution is 2.39. The lowest BCUT2D eigenvalue weighted by Gasteiger charge is -2.19. The van der Waals surface area contributed by atoms with E-state index in [0.29, 0.717) is 18.3 Å². The molecule has 0 saturated heterocycles. The van der Waals surface area contributed by atoms with Gasteiger partial charge in [0.2, 0.25) is 5.96 Å². The number of benzene rings is 1. The summed E-state index contributed by atoms with van der Waals surface area (Å²) in [6, 6.07) is 2.03. The molecular weight excluding hydrogens is 500 g/mol. The fraction of sp³-hybridized carbons (Fsp3) is 0.176. The Morgan fingerprint density at radius 1 is 1.06 bits per heavy atom. The molecule has 3 rings (SSSR count). The summed E-state index contributed by atoms with van der Waals surface area (Å²) in [7, 11) is 1.46. The minimum absolute atomic E-state index is 0.0487. The summed E-state index contributed by atoms with van der Waals surface area (Å²) >= 11 is 6.08. The van der Waals surface area contributed by atoms with Crippen molar-refractivity contribution in [3.8, 4) is 5.75 Å². The maximum absolute atomic E-state index is 13.2. The molecule has 10 nitrogen and oxygen atoms in total. The van der Waals surface area contributed by atoms with Crippen LogP contribution in [0.25, 0.3) is 0 Å². The van der Waals surface area contributed by atoms with Gasteiger partial charge in [-0.1, -0.05) is 11.6 Å². The third-order valence-electron chi connectivity index (χ3n) is 4.11. The smallest absolute Gasteiger partial charge is 0.404 e. The molecule has 0 bridgehead atoms. The molecule has 2 amide bonds. The van der Waals surface area contributed by atoms with E-state index in [0.717, 1.165) is 12.3 Å². The van der Waals surface area contributed by atoms with Crippen LogP contribution >= 0.6 is 11.6 Å². The summed E-state index contributed by atoms with van der Waals surface area (Å²) in [6.45, 7) is 0. The first-order valence-electron chi connectivity index (χ1n) is 8.82. The molecule has 0 spiro atoms. The monoisotopic (exact) mass is 511 g/mol. The SMILES string of the molecule is CN1NNN=C1NC(=O)c1ccc(OC(F)(F)F)c(NC(=O)c2cnccc2C(F)(F)F)c1Cl. The zero-order valence-corrected chi connectivity index (χ0v) is 17.4. The molecular formula is C17H12ClF6N7O3. The quantitative estimate of drug-likeness (QED) is 0.466. The summed E-state index contributed by atoms with van der Waals surface area (Å²) in [5.41, 5.74) is 1.06. The number of amides is 2. The van der Waals surface area contributed by atoms with Gasteiger partial charge in [0.15, 0.2) is 5.75 Å². The van der Waals surface area contributed by atoms with E-state index in [1.54, 1.807) is 0 Å². The lowest BCUT2D eigenvalue weighted by molar-refractivity contribution is -0.274. The van der Waals surface area contributed by atoms with Crippen molar-refractivity contribution in [1.29, 1.82) is 0 Å². The third-order valence-corrected chi connectivity index (χ3v) is 4.50. The predicted molar refractivity (Wildman–Crippen MR) is 104 cm³/mol. The number of hydrogen-bond acceptors (Lipinski definition) is 8. The van der Waals surface area contributed by atoms with Crippen LogP contribution in [-0.4, -0.2) is 41.2 Å². The van der Waals surface area contributed by atoms with E-state index >= 15 is 0 Å². The number of pyridine rings is 1. The Labute approximate surface area is 190 Å². The zero-order chi connectivity index (χ0) is 25.3. The molecule has 0 aliphatic carbocycles. The van der Waals surface area contributed by atoms with Gasteiger partial charge in [-0.25, -0.2) is 5.53 Å². The van der Waals surface area contributed by atoms with Gasteiger partial charge in [-0.2, -0.15) is 13.2 Å². The first-order valence-corrected chi connectivity index (χ1v) is 9.20. The van der Waals surface area contributed by atoms with E-state index in [4.69, 9.17) is 11.6 Å². The van der Waals surface area contributed by atoms with Crippen LogP contribution < -0.4 is 26.4 Å². The molecule has 17 heteroatoms. The Morgan fingerprint density at radius 2 is 1.74 bits per heavy atom. The van der Waals surface area contributed by atoms with E-state index in [2.05, 4.69) is 31.2 Å². The standard InChI is InChI=1S/C17H12ClF6N7O3/c1-31-15(28-29-30-31)27-13(32)7-2-3-10(34-17(22,23)24)12(11(7)18)26-14(33)8-6-25-5-4-9(8)16(19,20)21/h2-6,29-30H,1H3,(H,26,33)(H,27,28,32). The van der Waals surface area contributed by atoms with Crippen molar-refractivity contribution < 1.29 is 40.7 Å². The van der Waals surface area contributed by atoms with Crippen molar-refractivity contribution in [1.82, 2.24) is 26.4 Å². The molecule has 4 N–H and O–H groups in total. The van der Waals surface area contributed by atoms with E-state index in [-0.39, 0.29) is 5.96 Å². The molecule has 1 aromatic carbocycles. The molecule has 1 aromatic heterocycles. The molecule has 0 fully saturated rings. The van der Waals surface area contributed by atoms with Gasteiger partial charge in [0.25, 0.3) is 11.8 Å². The molecule has 0 radical (unpaired) electrons. The van der Waals surface area contributed by atoms with Gasteiger partial charge < -0.3 is 10.1 Å². The number of anilines is 1. The highest BCUT2D eigenvalue weighted by atomic mass is 35.5. The molecule has 1 aliphatic heterocycles. The summed E-state index contributed by atoms with van der Waals surface area (Å²) < 4.78 is 82.1. The summed E-state index contributed by atoms with van der Waals surface area (Å²) in [5.74, 6) is -3.58. The summed E-state index contributed by atoms with van der Waals surface area (Å²) in [4.78, 5) is 28.6. The van der Waals surface area contributed by atoms with Gasteiger partial charge in [-0.15, -0.1) is 23.8 Å². The second kappa shape index (κ2) is 9.22. The van der Waals surface area contributed by atoms with Crippen molar-refractivity contribution >= 4 is 35.1 Å². The Balaban J connectivity index is 2.01. The molecule has 2 heterocycles. The van der Waals surface area contributed by atoms with Crippen LogP contribution in [0.4, 0.5) is 32.0 Å². The van der Waals surface area contributed by atoms with E-state index in [9.17, 15) is 35.9 Å². The molecule has 0 unspecified atom stereocenters. The van der Waals surface area contributed by atoms with E-state index < -0.39 is 57.5 Å². The molecule has 2 aromatic rings. The number of halogens is 7. The van der Waals surface area contributed by atoms with E-state index in [1.807, 2.05) is 5.32 Å². The number of alkyl halides is 6. The molecule has 0 saturated carbocycles. The zero-order valence-electron chi connectivity index (χ0n) is 16.6. The number of carbonyl (C=O) groups excluding carboxylic acids is 2. The third kappa shape index (κ3) is 5.57. The Bertz CT molecular complexity index is 1160. The van der Waals surface area contributed by atoms with Crippen LogP contribution in [0.5, 0.6) is 5.75 Å². The molecule has 182 valence electrons. The number of hydrazine groups is 2. The predicted octanol–water partition coefficient (Wildman–Crippen LogP) is 2.86. The van der Waals surface area contributed by atoms with Gasteiger partial charge in [0.1, 0.15) is 5.69 Å². The van der Waals surface area contributed by atoms with Gasteiger partial charge >= 0.3 is 12.5 Å². The van der Waals surface area contributed by atoms with Crippen LogP contribution in [0.15, 0.2) is 35.7 Å². The number of hydrogen-bond donors (Lipinski definition) is 4. The average Bonchev–Trinajstić information content (AvgIpc) is 3.13. The number of carbonyl (C=O) groups is 2. The average molecular weight is 512 g/mol. The topological polar surface area (TPSA) is 120 Å². The number of ether oxygens (including phenoxy) is 1. The number of nitrogens with zero attached hydrogens (tertiary/aromatic N) is 3. The Kier molecular flexibility index (Phi) is 6.74. The van der Waals surface area contributed by atoms with Crippen molar-refractivity contribution in [3.63, 3.8) is 0 Å². The summed E-state index contributed by atoms with van der Waals surface area (Å²) in [5, 5.41) is 8.29. The molecule has 34 heavy (non-hydrogen) atoms. The van der Waals surface area contributed by atoms with E-state index in [1.165, 1.54) is 12.1 Å². The van der Waals surface area contributed by atoms with Crippen LogP contribution in [0.2, 0.25) is 5.02 Å². The van der Waals surface area contributed by atoms with Gasteiger partial charge in [0, 0.05) is 19.4 Å². The molecule has 1 aliphatic rings. The normalized spacial score (nSPS) is 13.8. The van der Waals surface area contributed by atoms with Crippen molar-refractivity contribution in [3.05, 3.63) is 52.3 Å². The number of hydrazone groups is 1.